The summed E-state index contributed by atoms with van der Waals surface area (Å²) in [6.45, 7) is 9.06. The maximum atomic E-state index is 2.82. The van der Waals surface area contributed by atoms with Crippen molar-refractivity contribution in [1.29, 1.82) is 0 Å². The third-order valence-electron chi connectivity index (χ3n) is 11.3. The quantitative estimate of drug-likeness (QED) is 0.186. The third-order valence-corrected chi connectivity index (χ3v) is 38.5. The van der Waals surface area contributed by atoms with Gasteiger partial charge in [-0.1, -0.05) is 0 Å². The monoisotopic (exact) mass is 702 g/mol. The minimum atomic E-state index is -3.85. The molecule has 0 spiro atoms. The second-order valence-electron chi connectivity index (χ2n) is 13.9. The Bertz CT molecular complexity index is 1700. The van der Waals surface area contributed by atoms with Crippen molar-refractivity contribution in [2.75, 3.05) is 0 Å². The molecule has 2 atom stereocenters. The van der Waals surface area contributed by atoms with Crippen LogP contribution in [0.15, 0.2) is 84.9 Å². The summed E-state index contributed by atoms with van der Waals surface area (Å²) in [4.78, 5) is 0. The van der Waals surface area contributed by atoms with Crippen LogP contribution in [-0.4, -0.2) is 3.26 Å². The van der Waals surface area contributed by atoms with Crippen LogP contribution in [0.4, 0.5) is 0 Å². The van der Waals surface area contributed by atoms with Gasteiger partial charge >= 0.3 is 249 Å². The number of hydrogen-bond donors (Lipinski definition) is 0. The molecule has 3 aliphatic carbocycles. The van der Waals surface area contributed by atoms with Crippen molar-refractivity contribution >= 4 is 15.4 Å². The van der Waals surface area contributed by atoms with Crippen LogP contribution in [0.3, 0.4) is 0 Å². The predicted octanol–water partition coefficient (Wildman–Crippen LogP) is 11.2. The number of fused-ring (bicyclic) bond motifs is 2. The Labute approximate surface area is 247 Å². The number of aryl methyl sites for hydroxylation is 4. The molecule has 4 aromatic carbocycles. The zero-order valence-corrected chi connectivity index (χ0v) is 29.1. The first-order chi connectivity index (χ1) is 19.7. The summed E-state index contributed by atoms with van der Waals surface area (Å²) < 4.78 is 8.65. The van der Waals surface area contributed by atoms with Crippen LogP contribution in [0.5, 0.6) is 0 Å². The van der Waals surface area contributed by atoms with Crippen LogP contribution in [-0.2, 0) is 18.0 Å². The van der Waals surface area contributed by atoms with Gasteiger partial charge in [0.05, 0.1) is 0 Å². The van der Waals surface area contributed by atoms with E-state index in [-0.39, 0.29) is 0 Å². The molecule has 3 aliphatic rings. The Balaban J connectivity index is 1.42. The van der Waals surface area contributed by atoms with E-state index < -0.39 is 18.0 Å². The summed E-state index contributed by atoms with van der Waals surface area (Å²) in [6.07, 6.45) is 14.3. The normalized spacial score (nSPS) is 19.3. The molecule has 0 nitrogen and oxygen atoms in total. The van der Waals surface area contributed by atoms with Gasteiger partial charge in [-0.3, -0.25) is 0 Å². The van der Waals surface area contributed by atoms with Crippen LogP contribution in [0.1, 0.15) is 71.1 Å². The van der Waals surface area contributed by atoms with Crippen molar-refractivity contribution in [3.63, 3.8) is 0 Å². The molecular weight excluding hydrogens is 659 g/mol. The topological polar surface area (TPSA) is 0 Å². The molecule has 7 rings (SSSR count). The van der Waals surface area contributed by atoms with Gasteiger partial charge in [0.15, 0.2) is 0 Å². The van der Waals surface area contributed by atoms with Crippen molar-refractivity contribution < 1.29 is 18.0 Å². The molecule has 1 fully saturated rings. The van der Waals surface area contributed by atoms with Crippen LogP contribution >= 0.6 is 0 Å². The van der Waals surface area contributed by atoms with Crippen LogP contribution < -0.4 is 0 Å². The standard InChI is InChI=1S/2C17H15.C4H6.2CH3.Hf/c2*1-12-6-3-7-13(2)17(12)16-11-5-9-14-8-4-10-15(14)16;1-2-4-3-1;;;/h2*3-11H,1-2H3;1-3H2;2*1H3;. The Hall–Kier alpha value is -2.90. The summed E-state index contributed by atoms with van der Waals surface area (Å²) in [5.74, 6) is 0. The second-order valence-corrected chi connectivity index (χ2v) is 39.7. The van der Waals surface area contributed by atoms with Crippen molar-refractivity contribution in [3.8, 4) is 22.3 Å². The molecule has 41 heavy (non-hydrogen) atoms. The SMILES string of the molecule is Cc1cccc(C)c1-c1cccc2c1C=C[CH]2[Hf]([CH3])([CH3])(=[C]1CCC1)[CH]1C=Cc2c(-c3c(C)cccc3C)cccc21. The molecule has 0 radical (unpaired) electrons. The first kappa shape index (κ1) is 27.0. The Morgan fingerprint density at radius 3 is 1.29 bits per heavy atom. The summed E-state index contributed by atoms with van der Waals surface area (Å²) >= 11 is -3.85. The second kappa shape index (κ2) is 9.56. The van der Waals surface area contributed by atoms with E-state index >= 15 is 0 Å². The van der Waals surface area contributed by atoms with E-state index in [4.69, 9.17) is 0 Å². The molecule has 2 unspecified atom stereocenters. The molecule has 0 bridgehead atoms. The van der Waals surface area contributed by atoms with Crippen molar-refractivity contribution in [3.05, 3.63) is 129 Å². The summed E-state index contributed by atoms with van der Waals surface area (Å²) in [6, 6.07) is 27.7. The van der Waals surface area contributed by atoms with E-state index in [0.717, 1.165) is 0 Å². The van der Waals surface area contributed by atoms with Gasteiger partial charge in [0.1, 0.15) is 0 Å². The van der Waals surface area contributed by atoms with Gasteiger partial charge in [-0.2, -0.15) is 0 Å². The van der Waals surface area contributed by atoms with Gasteiger partial charge in [-0.05, 0) is 0 Å². The van der Waals surface area contributed by atoms with Gasteiger partial charge in [-0.15, -0.1) is 0 Å². The molecule has 0 aromatic heterocycles. The molecule has 0 heterocycles. The zero-order chi connectivity index (χ0) is 28.5. The van der Waals surface area contributed by atoms with E-state index in [1.165, 1.54) is 74.9 Å². The maximum absolute atomic E-state index is 3.85. The molecule has 1 heteroatoms. The van der Waals surface area contributed by atoms with E-state index in [0.29, 0.717) is 7.35 Å². The van der Waals surface area contributed by atoms with Gasteiger partial charge in [0.2, 0.25) is 0 Å². The van der Waals surface area contributed by atoms with E-state index in [1.807, 2.05) is 3.26 Å². The van der Waals surface area contributed by atoms with Crippen LogP contribution in [0.2, 0.25) is 9.36 Å². The fourth-order valence-electron chi connectivity index (χ4n) is 8.91. The van der Waals surface area contributed by atoms with Crippen molar-refractivity contribution in [2.45, 2.75) is 63.7 Å². The number of hydrogen-bond acceptors (Lipinski definition) is 0. The molecule has 0 amide bonds. The zero-order valence-electron chi connectivity index (χ0n) is 25.5. The van der Waals surface area contributed by atoms with Crippen molar-refractivity contribution in [2.24, 2.45) is 0 Å². The summed E-state index contributed by atoms with van der Waals surface area (Å²) in [5, 5.41) is 0. The van der Waals surface area contributed by atoms with E-state index in [2.05, 4.69) is 134 Å². The summed E-state index contributed by atoms with van der Waals surface area (Å²) in [7, 11) is 0. The molecule has 206 valence electrons. The average Bonchev–Trinajstić information content (AvgIpc) is 3.54. The predicted molar refractivity (Wildman–Crippen MR) is 177 cm³/mol. The van der Waals surface area contributed by atoms with Gasteiger partial charge in [0.25, 0.3) is 0 Å². The first-order valence-electron chi connectivity index (χ1n) is 15.5. The molecule has 1 saturated carbocycles. The van der Waals surface area contributed by atoms with Gasteiger partial charge < -0.3 is 0 Å². The molecule has 0 aliphatic heterocycles. The van der Waals surface area contributed by atoms with Crippen LogP contribution in [0, 0.1) is 27.7 Å². The molecule has 0 N–H and O–H groups in total. The number of benzene rings is 4. The number of rotatable bonds is 4. The molecule has 4 aromatic rings. The van der Waals surface area contributed by atoms with Crippen LogP contribution in [0.25, 0.3) is 34.4 Å². The summed E-state index contributed by atoms with van der Waals surface area (Å²) in [5.41, 5.74) is 17.2. The minimum absolute atomic E-state index is 0.533. The van der Waals surface area contributed by atoms with E-state index in [1.54, 1.807) is 11.1 Å². The number of allylic oxidation sites excluding steroid dienone is 2. The molecule has 0 saturated heterocycles. The molecular formula is C40H42Hf. The Kier molecular flexibility index (Phi) is 6.29. The van der Waals surface area contributed by atoms with Gasteiger partial charge in [0, 0.05) is 0 Å². The fraction of sp³-hybridized carbons (Fsp3) is 0.275. The third kappa shape index (κ3) is 3.84. The van der Waals surface area contributed by atoms with E-state index in [9.17, 15) is 0 Å². The Morgan fingerprint density at radius 2 is 0.927 bits per heavy atom. The Morgan fingerprint density at radius 1 is 0.537 bits per heavy atom. The van der Waals surface area contributed by atoms with Crippen molar-refractivity contribution in [1.82, 2.24) is 0 Å². The first-order valence-corrected chi connectivity index (χ1v) is 28.6. The fourth-order valence-corrected chi connectivity index (χ4v) is 34.0. The van der Waals surface area contributed by atoms with Gasteiger partial charge in [-0.25, -0.2) is 0 Å². The average molecular weight is 701 g/mol.